The Labute approximate surface area is 173 Å². The summed E-state index contributed by atoms with van der Waals surface area (Å²) in [4.78, 5) is 29.4. The molecule has 0 saturated heterocycles. The monoisotopic (exact) mass is 410 g/mol. The first-order valence-corrected chi connectivity index (χ1v) is 9.85. The van der Waals surface area contributed by atoms with Gasteiger partial charge in [0, 0.05) is 11.3 Å². The van der Waals surface area contributed by atoms with Gasteiger partial charge in [0.15, 0.2) is 6.61 Å². The number of nitrogens with zero attached hydrogens (tertiary/aromatic N) is 1. The molecule has 150 valence electrons. The van der Waals surface area contributed by atoms with Crippen molar-refractivity contribution in [2.24, 2.45) is 0 Å². The third-order valence-corrected chi connectivity index (χ3v) is 5.51. The second-order valence-corrected chi connectivity index (χ2v) is 7.60. The minimum Gasteiger partial charge on any atom is -0.497 e. The number of nitrogens with one attached hydrogen (secondary N) is 1. The Morgan fingerprint density at radius 2 is 1.79 bits per heavy atom. The zero-order valence-electron chi connectivity index (χ0n) is 16.7. The molecule has 0 aliphatic rings. The molecule has 6 nitrogen and oxygen atoms in total. The highest BCUT2D eigenvalue weighted by molar-refractivity contribution is 7.17. The lowest BCUT2D eigenvalue weighted by Crippen LogP contribution is -2.21. The normalized spacial score (nSPS) is 10.5. The number of esters is 1. The molecule has 1 amide bonds. The van der Waals surface area contributed by atoms with Gasteiger partial charge >= 0.3 is 5.97 Å². The molecule has 0 aliphatic carbocycles. The molecule has 0 atom stereocenters. The average molecular weight is 410 g/mol. The molecule has 2 aromatic carbocycles. The van der Waals surface area contributed by atoms with Crippen molar-refractivity contribution < 1.29 is 19.1 Å². The van der Waals surface area contributed by atoms with Crippen molar-refractivity contribution in [3.05, 3.63) is 64.2 Å². The molecule has 0 unspecified atom stereocenters. The van der Waals surface area contributed by atoms with E-state index in [-0.39, 0.29) is 12.5 Å². The van der Waals surface area contributed by atoms with Crippen LogP contribution in [0.1, 0.15) is 26.5 Å². The van der Waals surface area contributed by atoms with Gasteiger partial charge in [-0.3, -0.25) is 4.79 Å². The fraction of sp³-hybridized carbons (Fsp3) is 0.227. The molecule has 0 bridgehead atoms. The molecule has 1 aromatic heterocycles. The first kappa shape index (κ1) is 20.5. The molecule has 1 N–H and O–H groups in total. The summed E-state index contributed by atoms with van der Waals surface area (Å²) in [5.74, 6) is -0.197. The van der Waals surface area contributed by atoms with E-state index in [0.717, 1.165) is 22.4 Å². The highest BCUT2D eigenvalue weighted by Crippen LogP contribution is 2.29. The molecule has 3 rings (SSSR count). The summed E-state index contributed by atoms with van der Waals surface area (Å²) in [5.41, 5.74) is 4.14. The Kier molecular flexibility index (Phi) is 6.29. The minimum atomic E-state index is -0.559. The van der Waals surface area contributed by atoms with E-state index in [2.05, 4.69) is 10.3 Å². The Balaban J connectivity index is 1.64. The van der Waals surface area contributed by atoms with E-state index in [1.807, 2.05) is 56.3 Å². The van der Waals surface area contributed by atoms with E-state index in [1.54, 1.807) is 14.0 Å². The molecular weight excluding hydrogens is 388 g/mol. The Morgan fingerprint density at radius 1 is 1.07 bits per heavy atom. The predicted molar refractivity (Wildman–Crippen MR) is 114 cm³/mol. The van der Waals surface area contributed by atoms with Crippen LogP contribution in [0.4, 0.5) is 5.69 Å². The molecule has 0 radical (unpaired) electrons. The van der Waals surface area contributed by atoms with Crippen molar-refractivity contribution in [1.82, 2.24) is 4.98 Å². The van der Waals surface area contributed by atoms with Crippen LogP contribution in [0.5, 0.6) is 5.75 Å². The van der Waals surface area contributed by atoms with Gasteiger partial charge in [-0.2, -0.15) is 0 Å². The Morgan fingerprint density at radius 3 is 2.48 bits per heavy atom. The zero-order chi connectivity index (χ0) is 21.0. The summed E-state index contributed by atoms with van der Waals surface area (Å²) in [6, 6.07) is 13.2. The van der Waals surface area contributed by atoms with Crippen LogP contribution in [-0.4, -0.2) is 30.6 Å². The summed E-state index contributed by atoms with van der Waals surface area (Å²) in [6.45, 7) is 5.24. The molecule has 1 heterocycles. The molecule has 0 fully saturated rings. The quantitative estimate of drug-likeness (QED) is 0.604. The largest absolute Gasteiger partial charge is 0.497 e. The van der Waals surface area contributed by atoms with Crippen molar-refractivity contribution in [3.8, 4) is 16.3 Å². The SMILES string of the molecule is COc1ccc(-c2nc(C)c(C(=O)OCC(=O)Nc3cc(C)ccc3C)s2)cc1. The van der Waals surface area contributed by atoms with Crippen molar-refractivity contribution in [2.45, 2.75) is 20.8 Å². The number of aryl methyl sites for hydroxylation is 3. The van der Waals surface area contributed by atoms with Crippen LogP contribution < -0.4 is 10.1 Å². The highest BCUT2D eigenvalue weighted by atomic mass is 32.1. The number of rotatable bonds is 6. The van der Waals surface area contributed by atoms with E-state index in [9.17, 15) is 9.59 Å². The fourth-order valence-electron chi connectivity index (χ4n) is 2.70. The molecule has 3 aromatic rings. The number of ether oxygens (including phenoxy) is 2. The number of hydrogen-bond acceptors (Lipinski definition) is 6. The van der Waals surface area contributed by atoms with Gasteiger partial charge in [0.2, 0.25) is 0 Å². The minimum absolute atomic E-state index is 0.360. The number of anilines is 1. The van der Waals surface area contributed by atoms with Crippen molar-refractivity contribution in [2.75, 3.05) is 19.0 Å². The first-order valence-electron chi connectivity index (χ1n) is 9.03. The summed E-state index contributed by atoms with van der Waals surface area (Å²) in [6.07, 6.45) is 0. The lowest BCUT2D eigenvalue weighted by atomic mass is 10.1. The molecule has 0 spiro atoms. The van der Waals surface area contributed by atoms with E-state index in [1.165, 1.54) is 11.3 Å². The lowest BCUT2D eigenvalue weighted by Gasteiger charge is -2.09. The number of carbonyl (C=O) groups is 2. The van der Waals surface area contributed by atoms with Gasteiger partial charge in [0.05, 0.1) is 12.8 Å². The second-order valence-electron chi connectivity index (χ2n) is 6.60. The molecule has 29 heavy (non-hydrogen) atoms. The standard InChI is InChI=1S/C22H22N2O4S/c1-13-5-6-14(2)18(11-13)24-19(25)12-28-22(26)20-15(3)23-21(29-20)16-7-9-17(27-4)10-8-16/h5-11H,12H2,1-4H3,(H,24,25). The van der Waals surface area contributed by atoms with Crippen molar-refractivity contribution >= 4 is 28.9 Å². The van der Waals surface area contributed by atoms with Gasteiger partial charge in [-0.1, -0.05) is 12.1 Å². The topological polar surface area (TPSA) is 77.5 Å². The predicted octanol–water partition coefficient (Wildman–Crippen LogP) is 4.54. The number of thiazole rings is 1. The summed E-state index contributed by atoms with van der Waals surface area (Å²) in [5, 5.41) is 3.48. The Bertz CT molecular complexity index is 1040. The van der Waals surface area contributed by atoms with Crippen LogP contribution in [0, 0.1) is 20.8 Å². The molecule has 7 heteroatoms. The number of hydrogen-bond donors (Lipinski definition) is 1. The van der Waals surface area contributed by atoms with Crippen LogP contribution in [0.25, 0.3) is 10.6 Å². The number of aromatic nitrogens is 1. The number of carbonyl (C=O) groups excluding carboxylic acids is 2. The highest BCUT2D eigenvalue weighted by Gasteiger charge is 2.19. The lowest BCUT2D eigenvalue weighted by molar-refractivity contribution is -0.119. The zero-order valence-corrected chi connectivity index (χ0v) is 17.6. The smallest absolute Gasteiger partial charge is 0.350 e. The van der Waals surface area contributed by atoms with Gasteiger partial charge in [0.25, 0.3) is 5.91 Å². The maximum atomic E-state index is 12.4. The van der Waals surface area contributed by atoms with E-state index in [0.29, 0.717) is 21.3 Å². The van der Waals surface area contributed by atoms with Crippen molar-refractivity contribution in [1.29, 1.82) is 0 Å². The van der Waals surface area contributed by atoms with E-state index < -0.39 is 5.97 Å². The average Bonchev–Trinajstić information content (AvgIpc) is 3.10. The third-order valence-electron chi connectivity index (χ3n) is 4.32. The molecule has 0 aliphatic heterocycles. The summed E-state index contributed by atoms with van der Waals surface area (Å²) >= 11 is 1.24. The fourth-order valence-corrected chi connectivity index (χ4v) is 3.66. The molecule has 0 saturated carbocycles. The number of benzene rings is 2. The maximum Gasteiger partial charge on any atom is 0.350 e. The molecular formula is C22H22N2O4S. The van der Waals surface area contributed by atoms with Crippen LogP contribution in [0.3, 0.4) is 0 Å². The van der Waals surface area contributed by atoms with Gasteiger partial charge < -0.3 is 14.8 Å². The van der Waals surface area contributed by atoms with Crippen LogP contribution in [0.2, 0.25) is 0 Å². The summed E-state index contributed by atoms with van der Waals surface area (Å²) < 4.78 is 10.4. The maximum absolute atomic E-state index is 12.4. The van der Waals surface area contributed by atoms with Gasteiger partial charge in [0.1, 0.15) is 15.6 Å². The number of amides is 1. The van der Waals surface area contributed by atoms with E-state index in [4.69, 9.17) is 9.47 Å². The number of methoxy groups -OCH3 is 1. The van der Waals surface area contributed by atoms with Gasteiger partial charge in [-0.25, -0.2) is 9.78 Å². The second kappa shape index (κ2) is 8.87. The third kappa shape index (κ3) is 5.00. The van der Waals surface area contributed by atoms with Gasteiger partial charge in [-0.15, -0.1) is 11.3 Å². The van der Waals surface area contributed by atoms with E-state index >= 15 is 0 Å². The first-order chi connectivity index (χ1) is 13.9. The van der Waals surface area contributed by atoms with Crippen LogP contribution in [-0.2, 0) is 9.53 Å². The summed E-state index contributed by atoms with van der Waals surface area (Å²) in [7, 11) is 1.60. The van der Waals surface area contributed by atoms with Crippen LogP contribution >= 0.6 is 11.3 Å². The van der Waals surface area contributed by atoms with Crippen molar-refractivity contribution in [3.63, 3.8) is 0 Å². The van der Waals surface area contributed by atoms with Gasteiger partial charge in [-0.05, 0) is 62.2 Å². The Hall–Kier alpha value is -3.19. The van der Waals surface area contributed by atoms with Crippen LogP contribution in [0.15, 0.2) is 42.5 Å².